The second-order valence-electron chi connectivity index (χ2n) is 9.59. The first-order valence-electron chi connectivity index (χ1n) is 13.4. The van der Waals surface area contributed by atoms with Crippen molar-refractivity contribution in [3.8, 4) is 44.5 Å². The number of carbonyl (C=O) groups excluding carboxylic acids is 1. The van der Waals surface area contributed by atoms with Crippen LogP contribution in [-0.2, 0) is 4.79 Å². The summed E-state index contributed by atoms with van der Waals surface area (Å²) in [7, 11) is 0. The number of anilines is 1. The van der Waals surface area contributed by atoms with E-state index in [0.29, 0.717) is 6.42 Å². The molecular formula is C37H29NO. The summed E-state index contributed by atoms with van der Waals surface area (Å²) in [5.41, 5.74) is 9.95. The third kappa shape index (κ3) is 4.62. The maximum absolute atomic E-state index is 12.8. The summed E-state index contributed by atoms with van der Waals surface area (Å²) in [5.74, 6) is -0.00355. The van der Waals surface area contributed by atoms with Crippen molar-refractivity contribution in [3.63, 3.8) is 0 Å². The third-order valence-electron chi connectivity index (χ3n) is 7.18. The molecule has 0 fully saturated rings. The Labute approximate surface area is 229 Å². The van der Waals surface area contributed by atoms with Crippen LogP contribution in [-0.4, -0.2) is 5.91 Å². The van der Waals surface area contributed by atoms with E-state index < -0.39 is 0 Å². The molecule has 0 bridgehead atoms. The normalized spacial score (nSPS) is 10.9. The molecule has 0 aliphatic heterocycles. The van der Waals surface area contributed by atoms with Crippen LogP contribution in [0.5, 0.6) is 0 Å². The SMILES string of the molecule is CCC(=O)Nc1cccc2c(-c3ccccc3)c(-c3ccccc3)c(-c3ccccc3)c(-c3ccccc3)c12. The van der Waals surface area contributed by atoms with E-state index in [9.17, 15) is 4.79 Å². The van der Waals surface area contributed by atoms with Gasteiger partial charge in [0.25, 0.3) is 0 Å². The van der Waals surface area contributed by atoms with Gasteiger partial charge >= 0.3 is 0 Å². The zero-order valence-corrected chi connectivity index (χ0v) is 21.9. The second kappa shape index (κ2) is 10.8. The minimum absolute atomic E-state index is 0.00355. The lowest BCUT2D eigenvalue weighted by molar-refractivity contribution is -0.115. The van der Waals surface area contributed by atoms with E-state index in [4.69, 9.17) is 0 Å². The topological polar surface area (TPSA) is 29.1 Å². The van der Waals surface area contributed by atoms with Crippen molar-refractivity contribution in [2.24, 2.45) is 0 Å². The van der Waals surface area contributed by atoms with Gasteiger partial charge in [0.05, 0.1) is 0 Å². The van der Waals surface area contributed by atoms with Gasteiger partial charge in [0.1, 0.15) is 0 Å². The van der Waals surface area contributed by atoms with Gasteiger partial charge in [0.15, 0.2) is 0 Å². The predicted molar refractivity (Wildman–Crippen MR) is 165 cm³/mol. The molecule has 2 heteroatoms. The van der Waals surface area contributed by atoms with Crippen LogP contribution in [0.15, 0.2) is 140 Å². The lowest BCUT2D eigenvalue weighted by Gasteiger charge is -2.25. The van der Waals surface area contributed by atoms with E-state index in [-0.39, 0.29) is 5.91 Å². The van der Waals surface area contributed by atoms with E-state index in [2.05, 4.69) is 127 Å². The van der Waals surface area contributed by atoms with E-state index in [1.54, 1.807) is 0 Å². The van der Waals surface area contributed by atoms with Gasteiger partial charge in [-0.05, 0) is 50.4 Å². The molecule has 39 heavy (non-hydrogen) atoms. The summed E-state index contributed by atoms with van der Waals surface area (Å²) >= 11 is 0. The highest BCUT2D eigenvalue weighted by Crippen LogP contribution is 2.52. The van der Waals surface area contributed by atoms with Crippen LogP contribution in [0.3, 0.4) is 0 Å². The lowest BCUT2D eigenvalue weighted by Crippen LogP contribution is -2.10. The number of fused-ring (bicyclic) bond motifs is 1. The molecule has 1 amide bonds. The summed E-state index contributed by atoms with van der Waals surface area (Å²) in [4.78, 5) is 12.8. The van der Waals surface area contributed by atoms with Crippen LogP contribution >= 0.6 is 0 Å². The van der Waals surface area contributed by atoms with Gasteiger partial charge in [-0.25, -0.2) is 0 Å². The summed E-state index contributed by atoms with van der Waals surface area (Å²) < 4.78 is 0. The molecule has 0 aromatic heterocycles. The van der Waals surface area contributed by atoms with Crippen LogP contribution in [0, 0.1) is 0 Å². The van der Waals surface area contributed by atoms with Crippen LogP contribution in [0.1, 0.15) is 13.3 Å². The Balaban J connectivity index is 1.91. The highest BCUT2D eigenvalue weighted by Gasteiger charge is 2.25. The number of rotatable bonds is 6. The fourth-order valence-corrected chi connectivity index (χ4v) is 5.47. The molecule has 1 N–H and O–H groups in total. The summed E-state index contributed by atoms with van der Waals surface area (Å²) in [5, 5.41) is 5.37. The maximum atomic E-state index is 12.8. The number of hydrogen-bond acceptors (Lipinski definition) is 1. The van der Waals surface area contributed by atoms with Crippen LogP contribution < -0.4 is 5.32 Å². The van der Waals surface area contributed by atoms with E-state index in [1.807, 2.05) is 25.1 Å². The molecule has 0 saturated heterocycles. The average molecular weight is 504 g/mol. The summed E-state index contributed by atoms with van der Waals surface area (Å²) in [6.45, 7) is 1.89. The lowest BCUT2D eigenvalue weighted by atomic mass is 9.78. The smallest absolute Gasteiger partial charge is 0.224 e. The molecule has 0 saturated carbocycles. The second-order valence-corrected chi connectivity index (χ2v) is 9.59. The Morgan fingerprint density at radius 1 is 0.487 bits per heavy atom. The van der Waals surface area contributed by atoms with Crippen molar-refractivity contribution in [1.29, 1.82) is 0 Å². The molecule has 0 heterocycles. The van der Waals surface area contributed by atoms with Crippen LogP contribution in [0.25, 0.3) is 55.3 Å². The third-order valence-corrected chi connectivity index (χ3v) is 7.18. The Morgan fingerprint density at radius 3 is 1.36 bits per heavy atom. The molecule has 0 radical (unpaired) electrons. The minimum atomic E-state index is -0.00355. The Kier molecular flexibility index (Phi) is 6.76. The van der Waals surface area contributed by atoms with Gasteiger partial charge in [-0.1, -0.05) is 140 Å². The molecule has 6 rings (SSSR count). The van der Waals surface area contributed by atoms with Crippen molar-refractivity contribution in [2.45, 2.75) is 13.3 Å². The molecular weight excluding hydrogens is 474 g/mol. The number of nitrogens with one attached hydrogen (secondary N) is 1. The first-order chi connectivity index (χ1) is 19.3. The Bertz CT molecular complexity index is 1740. The van der Waals surface area contributed by atoms with Gasteiger partial charge in [0, 0.05) is 23.1 Å². The molecule has 0 spiro atoms. The number of amides is 1. The Morgan fingerprint density at radius 2 is 0.897 bits per heavy atom. The average Bonchev–Trinajstić information content (AvgIpc) is 3.01. The largest absolute Gasteiger partial charge is 0.326 e. The molecule has 6 aromatic rings. The van der Waals surface area contributed by atoms with Gasteiger partial charge in [-0.15, -0.1) is 0 Å². The molecule has 0 unspecified atom stereocenters. The summed E-state index contributed by atoms with van der Waals surface area (Å²) in [6, 6.07) is 48.6. The standard InChI is InChI=1S/C37H29NO/c1-2-32(39)38-31-25-15-24-30-33(26-16-7-3-8-17-26)34(27-18-9-4-10-19-27)35(28-20-11-5-12-21-28)36(37(30)31)29-22-13-6-14-23-29/h3-25H,2H2,1H3,(H,38,39). The zero-order chi connectivity index (χ0) is 26.6. The zero-order valence-electron chi connectivity index (χ0n) is 21.9. The Hall–Kier alpha value is -4.95. The number of hydrogen-bond donors (Lipinski definition) is 1. The van der Waals surface area contributed by atoms with Crippen LogP contribution in [0.2, 0.25) is 0 Å². The minimum Gasteiger partial charge on any atom is -0.326 e. The number of carbonyl (C=O) groups is 1. The fourth-order valence-electron chi connectivity index (χ4n) is 5.47. The molecule has 2 nitrogen and oxygen atoms in total. The maximum Gasteiger partial charge on any atom is 0.224 e. The highest BCUT2D eigenvalue weighted by molar-refractivity contribution is 6.22. The van der Waals surface area contributed by atoms with E-state index >= 15 is 0 Å². The van der Waals surface area contributed by atoms with Crippen molar-refractivity contribution in [2.75, 3.05) is 5.32 Å². The van der Waals surface area contributed by atoms with Crippen LogP contribution in [0.4, 0.5) is 5.69 Å². The molecule has 0 aliphatic carbocycles. The first-order valence-corrected chi connectivity index (χ1v) is 13.4. The van der Waals surface area contributed by atoms with Crippen molar-refractivity contribution >= 4 is 22.4 Å². The molecule has 0 atom stereocenters. The first kappa shape index (κ1) is 24.4. The van der Waals surface area contributed by atoms with Gasteiger partial charge in [-0.3, -0.25) is 4.79 Å². The van der Waals surface area contributed by atoms with E-state index in [1.165, 1.54) is 5.56 Å². The number of benzene rings is 6. The molecule has 6 aromatic carbocycles. The highest BCUT2D eigenvalue weighted by atomic mass is 16.1. The van der Waals surface area contributed by atoms with Crippen molar-refractivity contribution in [1.82, 2.24) is 0 Å². The van der Waals surface area contributed by atoms with Crippen molar-refractivity contribution in [3.05, 3.63) is 140 Å². The van der Waals surface area contributed by atoms with Gasteiger partial charge < -0.3 is 5.32 Å². The fraction of sp³-hybridized carbons (Fsp3) is 0.0541. The summed E-state index contributed by atoms with van der Waals surface area (Å²) in [6.07, 6.45) is 0.413. The predicted octanol–water partition coefficient (Wildman–Crippen LogP) is 9.86. The monoisotopic (exact) mass is 503 g/mol. The van der Waals surface area contributed by atoms with E-state index in [0.717, 1.165) is 55.4 Å². The van der Waals surface area contributed by atoms with Gasteiger partial charge in [0.2, 0.25) is 5.91 Å². The quantitative estimate of drug-likeness (QED) is 0.241. The molecule has 188 valence electrons. The van der Waals surface area contributed by atoms with Gasteiger partial charge in [-0.2, -0.15) is 0 Å². The molecule has 0 aliphatic rings. The van der Waals surface area contributed by atoms with Crippen molar-refractivity contribution < 1.29 is 4.79 Å².